The van der Waals surface area contributed by atoms with Gasteiger partial charge >= 0.3 is 6.03 Å². The van der Waals surface area contributed by atoms with Gasteiger partial charge in [-0.2, -0.15) is 0 Å². The molecule has 5 heteroatoms. The maximum atomic E-state index is 11.9. The first kappa shape index (κ1) is 16.3. The number of hydrogen-bond donors (Lipinski definition) is 2. The van der Waals surface area contributed by atoms with Gasteiger partial charge in [-0.3, -0.25) is 4.79 Å². The van der Waals surface area contributed by atoms with Crippen molar-refractivity contribution in [1.29, 1.82) is 0 Å². The molecule has 0 aliphatic heterocycles. The summed E-state index contributed by atoms with van der Waals surface area (Å²) in [6.45, 7) is 1.06. The number of nitrogens with one attached hydrogen (secondary N) is 2. The van der Waals surface area contributed by atoms with E-state index in [9.17, 15) is 9.59 Å². The second-order valence-corrected chi connectivity index (χ2v) is 6.29. The van der Waals surface area contributed by atoms with Crippen LogP contribution >= 0.6 is 0 Å². The van der Waals surface area contributed by atoms with E-state index in [0.29, 0.717) is 19.1 Å². The van der Waals surface area contributed by atoms with E-state index in [4.69, 9.17) is 0 Å². The van der Waals surface area contributed by atoms with Crippen LogP contribution in [0.15, 0.2) is 53.5 Å². The lowest BCUT2D eigenvalue weighted by Crippen LogP contribution is -2.40. The molecule has 3 rings (SSSR count). The van der Waals surface area contributed by atoms with Crippen LogP contribution in [0.3, 0.4) is 0 Å². The molecule has 2 aromatic rings. The molecule has 1 saturated carbocycles. The van der Waals surface area contributed by atoms with Crippen molar-refractivity contribution in [2.45, 2.75) is 44.8 Å². The van der Waals surface area contributed by atoms with Crippen molar-refractivity contribution in [2.24, 2.45) is 0 Å². The van der Waals surface area contributed by atoms with Crippen LogP contribution in [0.2, 0.25) is 0 Å². The minimum Gasteiger partial charge on any atom is -0.335 e. The molecule has 1 aromatic carbocycles. The van der Waals surface area contributed by atoms with Crippen molar-refractivity contribution >= 4 is 6.03 Å². The van der Waals surface area contributed by atoms with E-state index in [0.717, 1.165) is 24.0 Å². The number of aromatic nitrogens is 1. The van der Waals surface area contributed by atoms with Crippen LogP contribution in [0.1, 0.15) is 36.8 Å². The molecule has 2 amide bonds. The molecule has 0 saturated heterocycles. The van der Waals surface area contributed by atoms with Gasteiger partial charge in [0.2, 0.25) is 0 Å². The molecular formula is C19H23N3O2. The molecule has 1 fully saturated rings. The highest BCUT2D eigenvalue weighted by molar-refractivity contribution is 5.74. The number of benzene rings is 1. The molecule has 0 spiro atoms. The molecule has 126 valence electrons. The standard InChI is InChI=1S/C19H23N3O2/c23-18-7-3-4-12-22(18)14-16-10-8-15(9-11-16)13-20-19(24)21-17-5-1-2-6-17/h3-4,7-12,17H,1-2,5-6,13-14H2,(H2,20,21,24). The second kappa shape index (κ2) is 7.81. The third-order valence-corrected chi connectivity index (χ3v) is 4.42. The quantitative estimate of drug-likeness (QED) is 0.888. The Morgan fingerprint density at radius 3 is 2.46 bits per heavy atom. The number of nitrogens with zero attached hydrogens (tertiary/aromatic N) is 1. The molecule has 24 heavy (non-hydrogen) atoms. The third-order valence-electron chi connectivity index (χ3n) is 4.42. The van der Waals surface area contributed by atoms with Gasteiger partial charge in [-0.1, -0.05) is 43.2 Å². The lowest BCUT2D eigenvalue weighted by Gasteiger charge is -2.13. The van der Waals surface area contributed by atoms with Gasteiger partial charge in [0.1, 0.15) is 0 Å². The van der Waals surface area contributed by atoms with E-state index in [1.165, 1.54) is 12.8 Å². The van der Waals surface area contributed by atoms with Gasteiger partial charge in [0.05, 0.1) is 6.54 Å². The Labute approximate surface area is 141 Å². The Morgan fingerprint density at radius 1 is 1.04 bits per heavy atom. The second-order valence-electron chi connectivity index (χ2n) is 6.29. The average Bonchev–Trinajstić information content (AvgIpc) is 3.09. The van der Waals surface area contributed by atoms with Crippen LogP contribution in [0.25, 0.3) is 0 Å². The van der Waals surface area contributed by atoms with Crippen LogP contribution in [0, 0.1) is 0 Å². The highest BCUT2D eigenvalue weighted by Gasteiger charge is 2.16. The Bertz CT molecular complexity index is 731. The maximum Gasteiger partial charge on any atom is 0.315 e. The van der Waals surface area contributed by atoms with Crippen LogP contribution in [0.4, 0.5) is 4.79 Å². The van der Waals surface area contributed by atoms with Gasteiger partial charge in [-0.25, -0.2) is 4.79 Å². The number of hydrogen-bond acceptors (Lipinski definition) is 2. The predicted octanol–water partition coefficient (Wildman–Crippen LogP) is 2.64. The summed E-state index contributed by atoms with van der Waals surface area (Å²) in [6.07, 6.45) is 6.36. The van der Waals surface area contributed by atoms with Crippen molar-refractivity contribution in [2.75, 3.05) is 0 Å². The fourth-order valence-corrected chi connectivity index (χ4v) is 3.04. The van der Waals surface area contributed by atoms with E-state index < -0.39 is 0 Å². The van der Waals surface area contributed by atoms with Crippen molar-refractivity contribution in [1.82, 2.24) is 15.2 Å². The molecule has 0 unspecified atom stereocenters. The third kappa shape index (κ3) is 4.47. The van der Waals surface area contributed by atoms with E-state index in [2.05, 4.69) is 10.6 Å². The minimum absolute atomic E-state index is 0.00757. The number of amides is 2. The number of urea groups is 1. The van der Waals surface area contributed by atoms with Crippen LogP contribution in [-0.2, 0) is 13.1 Å². The number of carbonyl (C=O) groups is 1. The maximum absolute atomic E-state index is 11.9. The van der Waals surface area contributed by atoms with Gasteiger partial charge in [0.25, 0.3) is 5.56 Å². The lowest BCUT2D eigenvalue weighted by molar-refractivity contribution is 0.236. The van der Waals surface area contributed by atoms with Crippen molar-refractivity contribution < 1.29 is 4.79 Å². The van der Waals surface area contributed by atoms with Crippen molar-refractivity contribution in [3.8, 4) is 0 Å². The Morgan fingerprint density at radius 2 is 1.75 bits per heavy atom. The number of pyridine rings is 1. The number of rotatable bonds is 5. The van der Waals surface area contributed by atoms with E-state index >= 15 is 0 Å². The Hall–Kier alpha value is -2.56. The van der Waals surface area contributed by atoms with E-state index in [1.54, 1.807) is 22.9 Å². The van der Waals surface area contributed by atoms with Crippen molar-refractivity contribution in [3.05, 3.63) is 70.1 Å². The normalized spacial score (nSPS) is 14.5. The zero-order chi connectivity index (χ0) is 16.8. The topological polar surface area (TPSA) is 63.1 Å². The summed E-state index contributed by atoms with van der Waals surface area (Å²) in [5.74, 6) is 0. The largest absolute Gasteiger partial charge is 0.335 e. The highest BCUT2D eigenvalue weighted by atomic mass is 16.2. The van der Waals surface area contributed by atoms with Gasteiger partial charge in [-0.05, 0) is 30.0 Å². The summed E-state index contributed by atoms with van der Waals surface area (Å²) in [6, 6.07) is 13.3. The molecule has 1 aromatic heterocycles. The molecular weight excluding hydrogens is 302 g/mol. The fourth-order valence-electron chi connectivity index (χ4n) is 3.04. The Balaban J connectivity index is 1.50. The van der Waals surface area contributed by atoms with Gasteiger partial charge in [-0.15, -0.1) is 0 Å². The molecule has 1 aliphatic rings. The molecule has 1 aliphatic carbocycles. The predicted molar refractivity (Wildman–Crippen MR) is 93.9 cm³/mol. The average molecular weight is 325 g/mol. The SMILES string of the molecule is O=C(NCc1ccc(Cn2ccccc2=O)cc1)NC1CCCC1. The first-order valence-corrected chi connectivity index (χ1v) is 8.48. The summed E-state index contributed by atoms with van der Waals surface area (Å²) < 4.78 is 1.67. The zero-order valence-corrected chi connectivity index (χ0v) is 13.7. The zero-order valence-electron chi connectivity index (χ0n) is 13.7. The molecule has 5 nitrogen and oxygen atoms in total. The highest BCUT2D eigenvalue weighted by Crippen LogP contribution is 2.17. The first-order valence-electron chi connectivity index (χ1n) is 8.48. The van der Waals surface area contributed by atoms with Gasteiger partial charge in [0.15, 0.2) is 0 Å². The molecule has 0 bridgehead atoms. The summed E-state index contributed by atoms with van der Waals surface area (Å²) in [7, 11) is 0. The monoisotopic (exact) mass is 325 g/mol. The molecule has 1 heterocycles. The summed E-state index contributed by atoms with van der Waals surface area (Å²) in [5, 5.41) is 5.91. The smallest absolute Gasteiger partial charge is 0.315 e. The van der Waals surface area contributed by atoms with E-state index in [1.807, 2.05) is 30.3 Å². The first-order chi connectivity index (χ1) is 11.7. The summed E-state index contributed by atoms with van der Waals surface area (Å²) in [5.41, 5.74) is 2.09. The summed E-state index contributed by atoms with van der Waals surface area (Å²) >= 11 is 0. The molecule has 0 atom stereocenters. The molecule has 2 N–H and O–H groups in total. The van der Waals surface area contributed by atoms with Crippen molar-refractivity contribution in [3.63, 3.8) is 0 Å². The van der Waals surface area contributed by atoms with Gasteiger partial charge in [0, 0.05) is 24.8 Å². The number of carbonyl (C=O) groups excluding carboxylic acids is 1. The fraction of sp³-hybridized carbons (Fsp3) is 0.368. The molecule has 0 radical (unpaired) electrons. The summed E-state index contributed by atoms with van der Waals surface area (Å²) in [4.78, 5) is 23.6. The lowest BCUT2D eigenvalue weighted by atomic mass is 10.1. The Kier molecular flexibility index (Phi) is 5.31. The van der Waals surface area contributed by atoms with E-state index in [-0.39, 0.29) is 11.6 Å². The van der Waals surface area contributed by atoms with Crippen LogP contribution in [0.5, 0.6) is 0 Å². The van der Waals surface area contributed by atoms with Crippen LogP contribution in [-0.4, -0.2) is 16.6 Å². The van der Waals surface area contributed by atoms with Gasteiger partial charge < -0.3 is 15.2 Å². The minimum atomic E-state index is -0.0955. The van der Waals surface area contributed by atoms with Crippen LogP contribution < -0.4 is 16.2 Å².